The van der Waals surface area contributed by atoms with Gasteiger partial charge >= 0.3 is 0 Å². The van der Waals surface area contributed by atoms with E-state index >= 15 is 0 Å². The summed E-state index contributed by atoms with van der Waals surface area (Å²) in [6.07, 6.45) is 14.4. The molecule has 0 aromatic carbocycles. The van der Waals surface area contributed by atoms with Gasteiger partial charge in [-0.1, -0.05) is 39.3 Å². The summed E-state index contributed by atoms with van der Waals surface area (Å²) < 4.78 is 5.94. The van der Waals surface area contributed by atoms with Crippen LogP contribution in [0.25, 0.3) is 5.57 Å². The number of rotatable bonds is 10. The van der Waals surface area contributed by atoms with Gasteiger partial charge in [-0.3, -0.25) is 5.10 Å². The van der Waals surface area contributed by atoms with Crippen molar-refractivity contribution in [2.45, 2.75) is 46.5 Å². The number of nitrogens with zero attached hydrogens (tertiary/aromatic N) is 1. The predicted octanol–water partition coefficient (Wildman–Crippen LogP) is 5.12. The lowest BCUT2D eigenvalue weighted by Gasteiger charge is -2.16. The molecule has 0 aliphatic heterocycles. The minimum absolute atomic E-state index is 0.653. The third kappa shape index (κ3) is 6.48. The van der Waals surface area contributed by atoms with E-state index in [9.17, 15) is 0 Å². The highest BCUT2D eigenvalue weighted by molar-refractivity contribution is 5.71. The van der Waals surface area contributed by atoms with Gasteiger partial charge in [0.2, 0.25) is 0 Å². The van der Waals surface area contributed by atoms with E-state index in [0.29, 0.717) is 5.92 Å². The van der Waals surface area contributed by atoms with E-state index in [0.717, 1.165) is 23.5 Å². The normalized spacial score (nSPS) is 12.3. The molecule has 0 fully saturated rings. The molecule has 0 aliphatic rings. The Hall–Kier alpha value is -1.77. The Morgan fingerprint density at radius 1 is 1.33 bits per heavy atom. The van der Waals surface area contributed by atoms with Gasteiger partial charge in [-0.25, -0.2) is 0 Å². The Balaban J connectivity index is 2.49. The third-order valence-electron chi connectivity index (χ3n) is 3.48. The molecule has 1 aromatic rings. The van der Waals surface area contributed by atoms with Crippen LogP contribution in [0.5, 0.6) is 0 Å². The highest BCUT2D eigenvalue weighted by atomic mass is 16.5. The van der Waals surface area contributed by atoms with E-state index in [1.165, 1.54) is 25.7 Å². The summed E-state index contributed by atoms with van der Waals surface area (Å²) in [5.74, 6) is 1.55. The van der Waals surface area contributed by atoms with Crippen LogP contribution >= 0.6 is 0 Å². The summed E-state index contributed by atoms with van der Waals surface area (Å²) in [7, 11) is 0. The molecule has 0 radical (unpaired) electrons. The second-order valence-corrected chi connectivity index (χ2v) is 5.29. The van der Waals surface area contributed by atoms with Gasteiger partial charge in [-0.2, -0.15) is 5.10 Å². The van der Waals surface area contributed by atoms with Gasteiger partial charge in [-0.15, -0.1) is 0 Å². The zero-order valence-corrected chi connectivity index (χ0v) is 13.6. The van der Waals surface area contributed by atoms with Crippen LogP contribution in [-0.4, -0.2) is 16.8 Å². The number of hydrogen-bond acceptors (Lipinski definition) is 2. The number of hydrogen-bond donors (Lipinski definition) is 1. The Bertz CT molecular complexity index is 452. The number of nitrogens with one attached hydrogen (secondary N) is 1. The SMILES string of the molecule is C=C(/C=C\C(=C/C)OCC(CCC)CCC)c1cn[nH]c1. The summed E-state index contributed by atoms with van der Waals surface area (Å²) >= 11 is 0. The van der Waals surface area contributed by atoms with E-state index in [-0.39, 0.29) is 0 Å². The Morgan fingerprint density at radius 2 is 2.05 bits per heavy atom. The summed E-state index contributed by atoms with van der Waals surface area (Å²) in [5.41, 5.74) is 1.92. The van der Waals surface area contributed by atoms with Crippen molar-refractivity contribution >= 4 is 5.57 Å². The first-order chi connectivity index (χ1) is 10.2. The van der Waals surface area contributed by atoms with Crippen LogP contribution in [0.2, 0.25) is 0 Å². The highest BCUT2D eigenvalue weighted by Crippen LogP contribution is 2.17. The number of allylic oxidation sites excluding steroid dienone is 4. The lowest BCUT2D eigenvalue weighted by molar-refractivity contribution is 0.162. The minimum Gasteiger partial charge on any atom is -0.494 e. The summed E-state index contributed by atoms with van der Waals surface area (Å²) in [6.45, 7) is 11.3. The molecule has 1 rings (SSSR count). The first-order valence-electron chi connectivity index (χ1n) is 7.86. The molecule has 0 spiro atoms. The molecular weight excluding hydrogens is 260 g/mol. The van der Waals surface area contributed by atoms with Crippen molar-refractivity contribution in [1.29, 1.82) is 0 Å². The quantitative estimate of drug-likeness (QED) is 0.479. The molecule has 0 unspecified atom stereocenters. The molecule has 0 amide bonds. The standard InChI is InChI=1S/C18H28N2O/c1-5-8-16(9-6-2)14-21-18(7-3)11-10-15(4)17-12-19-20-13-17/h7,10-13,16H,4-6,8-9,14H2,1-3H3,(H,19,20)/b11-10-,18-7+. The van der Waals surface area contributed by atoms with Crippen LogP contribution in [0.4, 0.5) is 0 Å². The van der Waals surface area contributed by atoms with Crippen LogP contribution < -0.4 is 0 Å². The predicted molar refractivity (Wildman–Crippen MR) is 89.8 cm³/mol. The lowest BCUT2D eigenvalue weighted by Crippen LogP contribution is -2.08. The Morgan fingerprint density at radius 3 is 2.57 bits per heavy atom. The maximum absolute atomic E-state index is 5.94. The highest BCUT2D eigenvalue weighted by Gasteiger charge is 2.07. The van der Waals surface area contributed by atoms with Gasteiger partial charge in [0.25, 0.3) is 0 Å². The van der Waals surface area contributed by atoms with Crippen molar-refractivity contribution in [2.75, 3.05) is 6.61 Å². The molecule has 0 aliphatic carbocycles. The first-order valence-corrected chi connectivity index (χ1v) is 7.86. The number of aromatic nitrogens is 2. The minimum atomic E-state index is 0.653. The maximum Gasteiger partial charge on any atom is 0.115 e. The molecule has 1 N–H and O–H groups in total. The van der Waals surface area contributed by atoms with Crippen LogP contribution in [-0.2, 0) is 4.74 Å². The maximum atomic E-state index is 5.94. The molecule has 3 heteroatoms. The zero-order valence-electron chi connectivity index (χ0n) is 13.6. The fraction of sp³-hybridized carbons (Fsp3) is 0.500. The van der Waals surface area contributed by atoms with E-state index in [1.54, 1.807) is 6.20 Å². The van der Waals surface area contributed by atoms with Crippen molar-refractivity contribution in [2.24, 2.45) is 5.92 Å². The van der Waals surface area contributed by atoms with Gasteiger partial charge in [-0.05, 0) is 43.4 Å². The molecule has 3 nitrogen and oxygen atoms in total. The van der Waals surface area contributed by atoms with Gasteiger partial charge in [0.05, 0.1) is 12.8 Å². The molecule has 0 bridgehead atoms. The van der Waals surface area contributed by atoms with Gasteiger partial charge in [0.15, 0.2) is 0 Å². The average Bonchev–Trinajstić information content (AvgIpc) is 3.01. The number of aromatic amines is 1. The van der Waals surface area contributed by atoms with Crippen molar-refractivity contribution < 1.29 is 4.74 Å². The molecule has 1 heterocycles. The smallest absolute Gasteiger partial charge is 0.115 e. The van der Waals surface area contributed by atoms with E-state index < -0.39 is 0 Å². The zero-order chi connectivity index (χ0) is 15.5. The van der Waals surface area contributed by atoms with Crippen LogP contribution in [0.15, 0.2) is 43.0 Å². The van der Waals surface area contributed by atoms with E-state index in [4.69, 9.17) is 4.74 Å². The van der Waals surface area contributed by atoms with Crippen molar-refractivity contribution in [1.82, 2.24) is 10.2 Å². The monoisotopic (exact) mass is 288 g/mol. The molecule has 0 saturated heterocycles. The van der Waals surface area contributed by atoms with Gasteiger partial charge in [0.1, 0.15) is 5.76 Å². The Kier molecular flexibility index (Phi) is 8.25. The lowest BCUT2D eigenvalue weighted by atomic mass is 9.99. The van der Waals surface area contributed by atoms with Crippen LogP contribution in [0.1, 0.15) is 52.0 Å². The first kappa shape index (κ1) is 17.3. The fourth-order valence-electron chi connectivity index (χ4n) is 2.27. The third-order valence-corrected chi connectivity index (χ3v) is 3.48. The van der Waals surface area contributed by atoms with Gasteiger partial charge < -0.3 is 4.74 Å². The van der Waals surface area contributed by atoms with Crippen LogP contribution in [0.3, 0.4) is 0 Å². The summed E-state index contributed by atoms with van der Waals surface area (Å²) in [4.78, 5) is 0. The Labute approximate surface area is 128 Å². The molecule has 0 atom stereocenters. The van der Waals surface area contributed by atoms with Crippen molar-refractivity contribution in [3.05, 3.63) is 48.5 Å². The number of H-pyrrole nitrogens is 1. The molecule has 116 valence electrons. The fourth-order valence-corrected chi connectivity index (χ4v) is 2.27. The molecule has 21 heavy (non-hydrogen) atoms. The molecule has 0 saturated carbocycles. The van der Waals surface area contributed by atoms with Crippen molar-refractivity contribution in [3.8, 4) is 0 Å². The van der Waals surface area contributed by atoms with E-state index in [1.807, 2.05) is 31.3 Å². The number of ether oxygens (including phenoxy) is 1. The molecule has 1 aromatic heterocycles. The van der Waals surface area contributed by atoms with E-state index in [2.05, 4.69) is 30.6 Å². The second kappa shape index (κ2) is 10.0. The topological polar surface area (TPSA) is 37.9 Å². The van der Waals surface area contributed by atoms with Crippen LogP contribution in [0, 0.1) is 5.92 Å². The summed E-state index contributed by atoms with van der Waals surface area (Å²) in [5, 5.41) is 6.72. The second-order valence-electron chi connectivity index (χ2n) is 5.29. The van der Waals surface area contributed by atoms with Gasteiger partial charge in [0, 0.05) is 11.8 Å². The average molecular weight is 288 g/mol. The largest absolute Gasteiger partial charge is 0.494 e. The summed E-state index contributed by atoms with van der Waals surface area (Å²) in [6, 6.07) is 0. The van der Waals surface area contributed by atoms with Crippen molar-refractivity contribution in [3.63, 3.8) is 0 Å². The molecular formula is C18H28N2O.